The Balaban J connectivity index is 1.81. The normalized spacial score (nSPS) is 11.6. The van der Waals surface area contributed by atoms with Gasteiger partial charge in [-0.2, -0.15) is 0 Å². The largest absolute Gasteiger partial charge is 0.322 e. The molecule has 0 aromatic heterocycles. The molecular formula is C23H25N3O5S2. The van der Waals surface area contributed by atoms with Gasteiger partial charge in [-0.15, -0.1) is 0 Å². The first-order chi connectivity index (χ1) is 15.4. The standard InChI is InChI=1S/C23H25N3O5S2/c1-16-8-7-9-17(2)22(16)25-33(30,31)19-14-12-18(13-15-19)24-23(27)20-10-5-6-11-21(20)26(3)32(4,28)29/h5-15,25H,1-4H3,(H,24,27). The summed E-state index contributed by atoms with van der Waals surface area (Å²) in [4.78, 5) is 12.8. The van der Waals surface area contributed by atoms with E-state index in [9.17, 15) is 21.6 Å². The van der Waals surface area contributed by atoms with Crippen LogP contribution >= 0.6 is 0 Å². The molecule has 0 fully saturated rings. The molecule has 0 unspecified atom stereocenters. The molecule has 2 N–H and O–H groups in total. The summed E-state index contributed by atoms with van der Waals surface area (Å²) < 4.78 is 53.1. The van der Waals surface area contributed by atoms with E-state index in [0.717, 1.165) is 21.7 Å². The van der Waals surface area contributed by atoms with Crippen molar-refractivity contribution in [2.75, 3.05) is 27.6 Å². The molecular weight excluding hydrogens is 462 g/mol. The molecule has 0 radical (unpaired) electrons. The Morgan fingerprint density at radius 3 is 1.97 bits per heavy atom. The van der Waals surface area contributed by atoms with Crippen molar-refractivity contribution in [3.05, 3.63) is 83.4 Å². The van der Waals surface area contributed by atoms with E-state index >= 15 is 0 Å². The fraction of sp³-hybridized carbons (Fsp3) is 0.174. The molecule has 0 saturated carbocycles. The minimum absolute atomic E-state index is 0.0420. The van der Waals surface area contributed by atoms with Gasteiger partial charge in [0.25, 0.3) is 15.9 Å². The fourth-order valence-corrected chi connectivity index (χ4v) is 4.92. The molecule has 0 aliphatic carbocycles. The van der Waals surface area contributed by atoms with E-state index in [2.05, 4.69) is 10.0 Å². The predicted octanol–water partition coefficient (Wildman–Crippen LogP) is 3.75. The van der Waals surface area contributed by atoms with Crippen LogP contribution in [0.15, 0.2) is 71.6 Å². The maximum atomic E-state index is 12.8. The highest BCUT2D eigenvalue weighted by Gasteiger charge is 2.20. The number of sulfonamides is 2. The summed E-state index contributed by atoms with van der Waals surface area (Å²) >= 11 is 0. The molecule has 1 amide bonds. The van der Waals surface area contributed by atoms with Gasteiger partial charge >= 0.3 is 0 Å². The summed E-state index contributed by atoms with van der Waals surface area (Å²) in [5, 5.41) is 2.68. The lowest BCUT2D eigenvalue weighted by Gasteiger charge is -2.19. The molecule has 3 aromatic carbocycles. The van der Waals surface area contributed by atoms with Gasteiger partial charge in [-0.3, -0.25) is 13.8 Å². The minimum atomic E-state index is -3.83. The summed E-state index contributed by atoms with van der Waals surface area (Å²) in [5.41, 5.74) is 2.90. The first kappa shape index (κ1) is 24.3. The van der Waals surface area contributed by atoms with Gasteiger partial charge in [0.15, 0.2) is 0 Å². The second kappa shape index (κ2) is 9.24. The molecule has 0 spiro atoms. The number of rotatable bonds is 7. The van der Waals surface area contributed by atoms with Crippen LogP contribution in [0.4, 0.5) is 17.1 Å². The molecule has 10 heteroatoms. The number of para-hydroxylation sites is 2. The average molecular weight is 488 g/mol. The first-order valence-electron chi connectivity index (χ1n) is 9.93. The van der Waals surface area contributed by atoms with Crippen molar-refractivity contribution in [3.63, 3.8) is 0 Å². The first-order valence-corrected chi connectivity index (χ1v) is 13.3. The van der Waals surface area contributed by atoms with Gasteiger partial charge in [-0.1, -0.05) is 30.3 Å². The van der Waals surface area contributed by atoms with Gasteiger partial charge in [0.2, 0.25) is 10.0 Å². The second-order valence-corrected chi connectivity index (χ2v) is 11.3. The van der Waals surface area contributed by atoms with Crippen molar-refractivity contribution in [2.45, 2.75) is 18.7 Å². The highest BCUT2D eigenvalue weighted by molar-refractivity contribution is 7.92. The second-order valence-electron chi connectivity index (χ2n) is 7.60. The highest BCUT2D eigenvalue weighted by Crippen LogP contribution is 2.25. The van der Waals surface area contributed by atoms with Gasteiger partial charge in [-0.05, 0) is 61.4 Å². The van der Waals surface area contributed by atoms with Gasteiger partial charge in [0.1, 0.15) is 0 Å². The molecule has 0 heterocycles. The van der Waals surface area contributed by atoms with E-state index in [1.807, 2.05) is 32.0 Å². The number of hydrogen-bond donors (Lipinski definition) is 2. The summed E-state index contributed by atoms with van der Waals surface area (Å²) in [6.45, 7) is 3.64. The van der Waals surface area contributed by atoms with E-state index in [1.54, 1.807) is 12.1 Å². The number of carbonyl (C=O) groups is 1. The van der Waals surface area contributed by atoms with Gasteiger partial charge in [0, 0.05) is 12.7 Å². The predicted molar refractivity (Wildman–Crippen MR) is 131 cm³/mol. The maximum absolute atomic E-state index is 12.8. The van der Waals surface area contributed by atoms with Crippen molar-refractivity contribution in [2.24, 2.45) is 0 Å². The number of anilines is 3. The monoisotopic (exact) mass is 487 g/mol. The maximum Gasteiger partial charge on any atom is 0.261 e. The zero-order chi connectivity index (χ0) is 24.4. The summed E-state index contributed by atoms with van der Waals surface area (Å²) in [7, 11) is -6.02. The van der Waals surface area contributed by atoms with Gasteiger partial charge in [-0.25, -0.2) is 16.8 Å². The van der Waals surface area contributed by atoms with Crippen LogP contribution in [-0.2, 0) is 20.0 Å². The van der Waals surface area contributed by atoms with Crippen LogP contribution < -0.4 is 14.3 Å². The van der Waals surface area contributed by atoms with Crippen LogP contribution in [0.2, 0.25) is 0 Å². The molecule has 0 aliphatic rings. The van der Waals surface area contributed by atoms with E-state index in [0.29, 0.717) is 11.4 Å². The zero-order valence-electron chi connectivity index (χ0n) is 18.7. The Bertz CT molecular complexity index is 1380. The lowest BCUT2D eigenvalue weighted by Crippen LogP contribution is -2.27. The Hall–Kier alpha value is -3.37. The molecule has 0 aliphatic heterocycles. The van der Waals surface area contributed by atoms with Crippen molar-refractivity contribution >= 4 is 43.0 Å². The fourth-order valence-electron chi connectivity index (χ4n) is 3.20. The summed E-state index contributed by atoms with van der Waals surface area (Å²) in [6.07, 6.45) is 1.05. The lowest BCUT2D eigenvalue weighted by atomic mass is 10.1. The Kier molecular flexibility index (Phi) is 6.80. The van der Waals surface area contributed by atoms with Crippen molar-refractivity contribution in [3.8, 4) is 0 Å². The summed E-state index contributed by atoms with van der Waals surface area (Å²) in [6, 6.07) is 17.5. The van der Waals surface area contributed by atoms with Crippen LogP contribution in [0.1, 0.15) is 21.5 Å². The topological polar surface area (TPSA) is 113 Å². The number of benzene rings is 3. The molecule has 3 rings (SSSR count). The molecule has 0 saturated heterocycles. The van der Waals surface area contributed by atoms with Crippen molar-refractivity contribution in [1.82, 2.24) is 0 Å². The molecule has 0 bridgehead atoms. The number of nitrogens with one attached hydrogen (secondary N) is 2. The molecule has 3 aromatic rings. The lowest BCUT2D eigenvalue weighted by molar-refractivity contribution is 0.102. The van der Waals surface area contributed by atoms with E-state index in [1.165, 1.54) is 43.4 Å². The van der Waals surface area contributed by atoms with E-state index in [-0.39, 0.29) is 16.1 Å². The Morgan fingerprint density at radius 1 is 0.818 bits per heavy atom. The van der Waals surface area contributed by atoms with E-state index in [4.69, 9.17) is 0 Å². The van der Waals surface area contributed by atoms with Gasteiger partial charge < -0.3 is 5.32 Å². The number of carbonyl (C=O) groups excluding carboxylic acids is 1. The van der Waals surface area contributed by atoms with Crippen LogP contribution in [-0.4, -0.2) is 36.0 Å². The third-order valence-corrected chi connectivity index (χ3v) is 7.68. The number of nitrogens with zero attached hydrogens (tertiary/aromatic N) is 1. The quantitative estimate of drug-likeness (QED) is 0.527. The summed E-state index contributed by atoms with van der Waals surface area (Å²) in [5.74, 6) is -0.523. The van der Waals surface area contributed by atoms with Crippen LogP contribution in [0.25, 0.3) is 0 Å². The van der Waals surface area contributed by atoms with Crippen molar-refractivity contribution in [1.29, 1.82) is 0 Å². The average Bonchev–Trinajstić information content (AvgIpc) is 2.75. The Labute approximate surface area is 194 Å². The van der Waals surface area contributed by atoms with Crippen LogP contribution in [0.3, 0.4) is 0 Å². The number of hydrogen-bond acceptors (Lipinski definition) is 5. The van der Waals surface area contributed by atoms with Crippen LogP contribution in [0, 0.1) is 13.8 Å². The number of aryl methyl sites for hydroxylation is 2. The van der Waals surface area contributed by atoms with E-state index < -0.39 is 26.0 Å². The molecule has 8 nitrogen and oxygen atoms in total. The van der Waals surface area contributed by atoms with Crippen LogP contribution in [0.5, 0.6) is 0 Å². The third-order valence-electron chi connectivity index (χ3n) is 5.13. The van der Waals surface area contributed by atoms with Gasteiger partial charge in [0.05, 0.1) is 28.1 Å². The molecule has 33 heavy (non-hydrogen) atoms. The Morgan fingerprint density at radius 2 is 1.39 bits per heavy atom. The SMILES string of the molecule is Cc1cccc(C)c1NS(=O)(=O)c1ccc(NC(=O)c2ccccc2N(C)S(C)(=O)=O)cc1. The molecule has 0 atom stereocenters. The van der Waals surface area contributed by atoms with Crippen molar-refractivity contribution < 1.29 is 21.6 Å². The highest BCUT2D eigenvalue weighted by atomic mass is 32.2. The minimum Gasteiger partial charge on any atom is -0.322 e. The molecule has 174 valence electrons. The number of amides is 1. The third kappa shape index (κ3) is 5.52. The zero-order valence-corrected chi connectivity index (χ0v) is 20.3. The smallest absolute Gasteiger partial charge is 0.261 e.